The Morgan fingerprint density at radius 2 is 1.76 bits per heavy atom. The van der Waals surface area contributed by atoms with Gasteiger partial charge in [-0.1, -0.05) is 30.3 Å². The summed E-state index contributed by atoms with van der Waals surface area (Å²) in [5.41, 5.74) is 1.88. The van der Waals surface area contributed by atoms with Crippen molar-refractivity contribution in [2.75, 3.05) is 50.9 Å². The molecule has 3 amide bonds. The highest BCUT2D eigenvalue weighted by atomic mass is 16.5. The molecular weight excluding hydrogens is 422 g/mol. The number of morpholine rings is 1. The van der Waals surface area contributed by atoms with Crippen molar-refractivity contribution in [2.24, 2.45) is 5.92 Å². The van der Waals surface area contributed by atoms with E-state index < -0.39 is 0 Å². The predicted octanol–water partition coefficient (Wildman–Crippen LogP) is 1.64. The second-order valence-electron chi connectivity index (χ2n) is 8.21. The van der Waals surface area contributed by atoms with Gasteiger partial charge in [0.15, 0.2) is 6.61 Å². The molecule has 33 heavy (non-hydrogen) atoms. The topological polar surface area (TPSA) is 88.2 Å². The molecule has 2 aliphatic rings. The van der Waals surface area contributed by atoms with E-state index in [1.54, 1.807) is 34.1 Å². The summed E-state index contributed by atoms with van der Waals surface area (Å²) in [5.74, 6) is -0.0477. The lowest BCUT2D eigenvalue weighted by atomic mass is 10.1. The van der Waals surface area contributed by atoms with Gasteiger partial charge in [-0.15, -0.1) is 0 Å². The number of hydrogen-bond donors (Lipinski definition) is 1. The van der Waals surface area contributed by atoms with Gasteiger partial charge in [0.25, 0.3) is 5.91 Å². The number of carbonyl (C=O) groups excluding carboxylic acids is 3. The molecule has 2 aromatic carbocycles. The molecule has 8 heteroatoms. The molecule has 0 aromatic heterocycles. The number of anilines is 1. The van der Waals surface area contributed by atoms with Crippen LogP contribution in [0.25, 0.3) is 0 Å². The molecule has 2 aliphatic heterocycles. The van der Waals surface area contributed by atoms with Crippen LogP contribution in [0.1, 0.15) is 12.0 Å². The average molecular weight is 452 g/mol. The van der Waals surface area contributed by atoms with Gasteiger partial charge in [0.05, 0.1) is 19.1 Å². The first-order valence-corrected chi connectivity index (χ1v) is 11.3. The number of benzene rings is 2. The fourth-order valence-corrected chi connectivity index (χ4v) is 4.02. The van der Waals surface area contributed by atoms with E-state index in [1.807, 2.05) is 30.3 Å². The van der Waals surface area contributed by atoms with E-state index in [4.69, 9.17) is 9.47 Å². The zero-order valence-electron chi connectivity index (χ0n) is 18.6. The maximum Gasteiger partial charge on any atom is 0.260 e. The predicted molar refractivity (Wildman–Crippen MR) is 123 cm³/mol. The molecule has 0 radical (unpaired) electrons. The van der Waals surface area contributed by atoms with Gasteiger partial charge in [-0.3, -0.25) is 14.4 Å². The van der Waals surface area contributed by atoms with Crippen molar-refractivity contribution < 1.29 is 23.9 Å². The summed E-state index contributed by atoms with van der Waals surface area (Å²) in [6.45, 7) is 3.13. The first kappa shape index (κ1) is 22.8. The van der Waals surface area contributed by atoms with Crippen LogP contribution >= 0.6 is 0 Å². The highest BCUT2D eigenvalue weighted by Gasteiger charge is 2.35. The van der Waals surface area contributed by atoms with Crippen molar-refractivity contribution in [1.82, 2.24) is 10.2 Å². The van der Waals surface area contributed by atoms with Crippen molar-refractivity contribution in [3.8, 4) is 5.75 Å². The summed E-state index contributed by atoms with van der Waals surface area (Å²) in [6, 6.07) is 17.0. The third-order valence-corrected chi connectivity index (χ3v) is 5.93. The van der Waals surface area contributed by atoms with Crippen LogP contribution in [0, 0.1) is 5.92 Å². The fraction of sp³-hybridized carbons (Fsp3) is 0.400. The van der Waals surface area contributed by atoms with Gasteiger partial charge in [-0.05, 0) is 36.2 Å². The van der Waals surface area contributed by atoms with E-state index in [2.05, 4.69) is 5.32 Å². The Morgan fingerprint density at radius 3 is 2.48 bits per heavy atom. The van der Waals surface area contributed by atoms with E-state index in [0.29, 0.717) is 50.8 Å². The zero-order chi connectivity index (χ0) is 23.0. The first-order chi connectivity index (χ1) is 16.1. The van der Waals surface area contributed by atoms with E-state index in [-0.39, 0.29) is 36.7 Å². The van der Waals surface area contributed by atoms with Crippen molar-refractivity contribution in [3.63, 3.8) is 0 Å². The van der Waals surface area contributed by atoms with Crippen molar-refractivity contribution >= 4 is 23.4 Å². The highest BCUT2D eigenvalue weighted by molar-refractivity contribution is 6.00. The highest BCUT2D eigenvalue weighted by Crippen LogP contribution is 2.27. The number of ether oxygens (including phenoxy) is 2. The number of hydrogen-bond acceptors (Lipinski definition) is 5. The minimum Gasteiger partial charge on any atom is -0.484 e. The third kappa shape index (κ3) is 6.10. The lowest BCUT2D eigenvalue weighted by Gasteiger charge is -2.26. The molecule has 2 fully saturated rings. The Balaban J connectivity index is 1.24. The van der Waals surface area contributed by atoms with Gasteiger partial charge in [0, 0.05) is 38.3 Å². The largest absolute Gasteiger partial charge is 0.484 e. The first-order valence-electron chi connectivity index (χ1n) is 11.3. The molecule has 0 bridgehead atoms. The van der Waals surface area contributed by atoms with Gasteiger partial charge in [-0.2, -0.15) is 0 Å². The molecule has 0 saturated carbocycles. The number of amides is 3. The van der Waals surface area contributed by atoms with Crippen LogP contribution in [0.2, 0.25) is 0 Å². The Hall–Kier alpha value is -3.39. The van der Waals surface area contributed by atoms with Gasteiger partial charge >= 0.3 is 0 Å². The Kier molecular flexibility index (Phi) is 7.57. The van der Waals surface area contributed by atoms with Crippen LogP contribution in [0.15, 0.2) is 54.6 Å². The smallest absolute Gasteiger partial charge is 0.260 e. The lowest BCUT2D eigenvalue weighted by molar-refractivity contribution is -0.137. The molecule has 1 N–H and O–H groups in total. The fourth-order valence-electron chi connectivity index (χ4n) is 4.02. The van der Waals surface area contributed by atoms with Crippen LogP contribution in [0.5, 0.6) is 5.75 Å². The molecule has 2 saturated heterocycles. The molecular formula is C25H29N3O5. The van der Waals surface area contributed by atoms with E-state index >= 15 is 0 Å². The Morgan fingerprint density at radius 1 is 1.03 bits per heavy atom. The molecule has 1 atom stereocenters. The minimum atomic E-state index is -0.365. The molecule has 2 heterocycles. The van der Waals surface area contributed by atoms with Crippen LogP contribution in [0.3, 0.4) is 0 Å². The minimum absolute atomic E-state index is 0.0345. The number of rotatable bonds is 8. The van der Waals surface area contributed by atoms with Gasteiger partial charge in [0.1, 0.15) is 5.75 Å². The van der Waals surface area contributed by atoms with Crippen molar-refractivity contribution in [2.45, 2.75) is 12.8 Å². The number of nitrogens with zero attached hydrogens (tertiary/aromatic N) is 2. The van der Waals surface area contributed by atoms with Crippen LogP contribution < -0.4 is 15.0 Å². The number of carbonyl (C=O) groups is 3. The summed E-state index contributed by atoms with van der Waals surface area (Å²) in [7, 11) is 0. The maximum absolute atomic E-state index is 12.5. The monoisotopic (exact) mass is 451 g/mol. The van der Waals surface area contributed by atoms with Crippen LogP contribution in [-0.4, -0.2) is 68.6 Å². The van der Waals surface area contributed by atoms with Gasteiger partial charge in [-0.25, -0.2) is 0 Å². The molecule has 4 rings (SSSR count). The average Bonchev–Trinajstić information content (AvgIpc) is 3.25. The third-order valence-electron chi connectivity index (χ3n) is 5.93. The Labute approximate surface area is 193 Å². The summed E-state index contributed by atoms with van der Waals surface area (Å²) >= 11 is 0. The molecule has 0 aliphatic carbocycles. The molecule has 8 nitrogen and oxygen atoms in total. The molecule has 0 spiro atoms. The van der Waals surface area contributed by atoms with E-state index in [1.165, 1.54) is 0 Å². The standard InChI is InChI=1S/C25H29N3O5/c29-23-16-20(25(31)26-11-10-19-4-2-1-3-5-19)17-28(23)21-6-8-22(9-7-21)33-18-24(30)27-12-14-32-15-13-27/h1-9,20H,10-18H2,(H,26,31)/t20-/m1/s1. The van der Waals surface area contributed by atoms with Crippen molar-refractivity contribution in [1.29, 1.82) is 0 Å². The van der Waals surface area contributed by atoms with Gasteiger partial charge < -0.3 is 24.6 Å². The zero-order valence-corrected chi connectivity index (χ0v) is 18.6. The summed E-state index contributed by atoms with van der Waals surface area (Å²) in [5, 5.41) is 2.95. The maximum atomic E-state index is 12.5. The van der Waals surface area contributed by atoms with Crippen LogP contribution in [-0.2, 0) is 25.5 Å². The normalized spacial score (nSPS) is 18.3. The van der Waals surface area contributed by atoms with E-state index in [9.17, 15) is 14.4 Å². The lowest BCUT2D eigenvalue weighted by Crippen LogP contribution is -2.42. The second-order valence-corrected chi connectivity index (χ2v) is 8.21. The van der Waals surface area contributed by atoms with Crippen LogP contribution in [0.4, 0.5) is 5.69 Å². The van der Waals surface area contributed by atoms with Gasteiger partial charge in [0.2, 0.25) is 11.8 Å². The quantitative estimate of drug-likeness (QED) is 0.659. The molecule has 174 valence electrons. The summed E-state index contributed by atoms with van der Waals surface area (Å²) in [6.07, 6.45) is 0.954. The molecule has 0 unspecified atom stereocenters. The van der Waals surface area contributed by atoms with Crippen molar-refractivity contribution in [3.05, 3.63) is 60.2 Å². The second kappa shape index (κ2) is 11.0. The number of nitrogens with one attached hydrogen (secondary N) is 1. The van der Waals surface area contributed by atoms with E-state index in [0.717, 1.165) is 12.0 Å². The molecule has 2 aromatic rings. The summed E-state index contributed by atoms with van der Waals surface area (Å²) in [4.78, 5) is 40.6. The SMILES string of the molecule is O=C(NCCc1ccccc1)[C@@H]1CC(=O)N(c2ccc(OCC(=O)N3CCOCC3)cc2)C1. The summed E-state index contributed by atoms with van der Waals surface area (Å²) < 4.78 is 10.9. The Bertz CT molecular complexity index is 958.